The maximum atomic E-state index is 13.1. The first-order chi connectivity index (χ1) is 20.5. The number of thioether (sulfide) groups is 1. The van der Waals surface area contributed by atoms with Crippen molar-refractivity contribution < 1.29 is 32.2 Å². The molecule has 0 atom stereocenters. The quantitative estimate of drug-likeness (QED) is 0.171. The van der Waals surface area contributed by atoms with Gasteiger partial charge in [-0.2, -0.15) is 13.2 Å². The molecule has 1 heterocycles. The molecule has 0 radical (unpaired) electrons. The molecule has 3 aromatic carbocycles. The second-order valence-corrected chi connectivity index (χ2v) is 10.8. The van der Waals surface area contributed by atoms with Crippen LogP contribution in [0.15, 0.2) is 65.8 Å². The van der Waals surface area contributed by atoms with Gasteiger partial charge in [0.2, 0.25) is 5.91 Å². The normalized spacial score (nSPS) is 11.2. The molecular weight excluding hydrogens is 654 g/mol. The molecule has 0 aliphatic rings. The number of nitrogens with one attached hydrogen (secondary N) is 2. The number of hydrogen-bond donors (Lipinski definition) is 2. The molecule has 0 spiro atoms. The van der Waals surface area contributed by atoms with Gasteiger partial charge >= 0.3 is 6.18 Å². The number of halogens is 6. The number of nitrogens with zero attached hydrogens (tertiary/aromatic N) is 3. The molecule has 0 aliphatic carbocycles. The molecule has 0 saturated heterocycles. The molecule has 226 valence electrons. The van der Waals surface area contributed by atoms with Gasteiger partial charge in [0, 0.05) is 5.02 Å². The van der Waals surface area contributed by atoms with Gasteiger partial charge in [-0.25, -0.2) is 0 Å². The molecule has 9 nitrogen and oxygen atoms in total. The van der Waals surface area contributed by atoms with Gasteiger partial charge in [-0.15, -0.1) is 10.2 Å². The summed E-state index contributed by atoms with van der Waals surface area (Å²) in [5, 5.41) is 14.3. The summed E-state index contributed by atoms with van der Waals surface area (Å²) in [6, 6.07) is 14.2. The molecule has 4 aromatic rings. The monoisotopic (exact) mass is 673 g/mol. The van der Waals surface area contributed by atoms with Crippen LogP contribution in [0.3, 0.4) is 0 Å². The van der Waals surface area contributed by atoms with Crippen molar-refractivity contribution in [3.05, 3.63) is 87.1 Å². The molecule has 0 bridgehead atoms. The third kappa shape index (κ3) is 8.47. The summed E-state index contributed by atoms with van der Waals surface area (Å²) < 4.78 is 51.8. The van der Waals surface area contributed by atoms with Crippen LogP contribution in [0.25, 0.3) is 5.69 Å². The van der Waals surface area contributed by atoms with Gasteiger partial charge in [-0.3, -0.25) is 14.2 Å². The van der Waals surface area contributed by atoms with Crippen LogP contribution in [-0.4, -0.2) is 46.0 Å². The number of amides is 2. The van der Waals surface area contributed by atoms with Crippen molar-refractivity contribution in [2.24, 2.45) is 0 Å². The highest BCUT2D eigenvalue weighted by Gasteiger charge is 2.31. The van der Waals surface area contributed by atoms with E-state index in [1.54, 1.807) is 34.9 Å². The molecule has 1 aromatic heterocycles. The van der Waals surface area contributed by atoms with Gasteiger partial charge in [0.25, 0.3) is 5.91 Å². The average Bonchev–Trinajstić information content (AvgIpc) is 3.37. The number of ether oxygens (including phenoxy) is 2. The SMILES string of the molecule is COc1ccccc1-n1c(CNC(=O)COc2ccc(Cl)cc2Cl)nnc1SCC(=O)Nc1cc(C(F)(F)F)ccc1Cl. The Balaban J connectivity index is 1.48. The lowest BCUT2D eigenvalue weighted by atomic mass is 10.2. The van der Waals surface area contributed by atoms with E-state index < -0.39 is 23.6 Å². The van der Waals surface area contributed by atoms with Crippen LogP contribution in [0, 0.1) is 0 Å². The lowest BCUT2D eigenvalue weighted by molar-refractivity contribution is -0.137. The van der Waals surface area contributed by atoms with Crippen LogP contribution in [0.2, 0.25) is 15.1 Å². The van der Waals surface area contributed by atoms with Gasteiger partial charge in [0.1, 0.15) is 11.5 Å². The smallest absolute Gasteiger partial charge is 0.416 e. The fourth-order valence-corrected chi connectivity index (χ4v) is 5.03. The zero-order valence-electron chi connectivity index (χ0n) is 22.0. The third-order valence-electron chi connectivity index (χ3n) is 5.62. The molecule has 0 fully saturated rings. The van der Waals surface area contributed by atoms with Gasteiger partial charge in [0.05, 0.1) is 46.4 Å². The minimum absolute atomic E-state index is 0.0520. The predicted octanol–water partition coefficient (Wildman–Crippen LogP) is 6.68. The lowest BCUT2D eigenvalue weighted by Gasteiger charge is -2.14. The van der Waals surface area contributed by atoms with Crippen LogP contribution < -0.4 is 20.1 Å². The van der Waals surface area contributed by atoms with Crippen LogP contribution in [0.1, 0.15) is 11.4 Å². The van der Waals surface area contributed by atoms with Crippen molar-refractivity contribution in [2.75, 3.05) is 24.8 Å². The Bertz CT molecular complexity index is 1640. The molecule has 0 unspecified atom stereocenters. The van der Waals surface area contributed by atoms with Crippen molar-refractivity contribution in [1.29, 1.82) is 0 Å². The highest BCUT2D eigenvalue weighted by Crippen LogP contribution is 2.34. The van der Waals surface area contributed by atoms with E-state index in [2.05, 4.69) is 20.8 Å². The Hall–Kier alpha value is -3.65. The molecule has 2 N–H and O–H groups in total. The molecular formula is C27H21Cl3F3N5O4S. The summed E-state index contributed by atoms with van der Waals surface area (Å²) in [5.41, 5.74) is -0.616. The molecule has 16 heteroatoms. The van der Waals surface area contributed by atoms with E-state index in [4.69, 9.17) is 44.3 Å². The largest absolute Gasteiger partial charge is 0.495 e. The molecule has 0 aliphatic heterocycles. The van der Waals surface area contributed by atoms with Crippen molar-refractivity contribution in [3.8, 4) is 17.2 Å². The Morgan fingerprint density at radius 2 is 1.72 bits per heavy atom. The Morgan fingerprint density at radius 3 is 2.44 bits per heavy atom. The second-order valence-electron chi connectivity index (χ2n) is 8.58. The summed E-state index contributed by atoms with van der Waals surface area (Å²) >= 11 is 18.9. The van der Waals surface area contributed by atoms with E-state index in [0.717, 1.165) is 30.0 Å². The van der Waals surface area contributed by atoms with Gasteiger partial charge < -0.3 is 20.1 Å². The van der Waals surface area contributed by atoms with Gasteiger partial charge in [0.15, 0.2) is 17.6 Å². The molecule has 43 heavy (non-hydrogen) atoms. The maximum absolute atomic E-state index is 13.1. The van der Waals surface area contributed by atoms with Crippen LogP contribution in [-0.2, 0) is 22.3 Å². The number of para-hydroxylation sites is 2. The third-order valence-corrected chi connectivity index (χ3v) is 7.41. The molecule has 4 rings (SSSR count). The van der Waals surface area contributed by atoms with Crippen molar-refractivity contribution in [3.63, 3.8) is 0 Å². The number of aromatic nitrogens is 3. The second kappa shape index (κ2) is 14.2. The number of anilines is 1. The van der Waals surface area contributed by atoms with Crippen LogP contribution >= 0.6 is 46.6 Å². The number of rotatable bonds is 11. The van der Waals surface area contributed by atoms with Crippen LogP contribution in [0.5, 0.6) is 11.5 Å². The number of benzene rings is 3. The molecule has 0 saturated carbocycles. The Labute approximate surface area is 262 Å². The number of methoxy groups -OCH3 is 1. The van der Waals surface area contributed by atoms with E-state index >= 15 is 0 Å². The fourth-order valence-electron chi connectivity index (χ4n) is 3.64. The number of hydrogen-bond acceptors (Lipinski definition) is 7. The summed E-state index contributed by atoms with van der Waals surface area (Å²) in [7, 11) is 1.48. The summed E-state index contributed by atoms with van der Waals surface area (Å²) in [6.07, 6.45) is -4.61. The first-order valence-corrected chi connectivity index (χ1v) is 14.3. The average molecular weight is 675 g/mol. The Morgan fingerprint density at radius 1 is 0.953 bits per heavy atom. The van der Waals surface area contributed by atoms with Crippen LogP contribution in [0.4, 0.5) is 18.9 Å². The minimum Gasteiger partial charge on any atom is -0.495 e. The predicted molar refractivity (Wildman–Crippen MR) is 158 cm³/mol. The number of carbonyl (C=O) groups excluding carboxylic acids is 2. The zero-order chi connectivity index (χ0) is 31.1. The lowest BCUT2D eigenvalue weighted by Crippen LogP contribution is -2.29. The minimum atomic E-state index is -4.61. The first kappa shape index (κ1) is 32.3. The topological polar surface area (TPSA) is 107 Å². The van der Waals surface area contributed by atoms with Gasteiger partial charge in [-0.1, -0.05) is 58.7 Å². The standard InChI is InChI=1S/C27H21Cl3F3N5O4S/c1-41-22-5-3-2-4-20(22)38-23(12-34-24(39)13-42-21-9-7-16(28)11-18(21)30)36-37-26(38)43-14-25(40)35-19-10-15(27(31,32)33)6-8-17(19)29/h2-11H,12-14H2,1H3,(H,34,39)(H,35,40). The van der Waals surface area contributed by atoms with Crippen molar-refractivity contribution in [1.82, 2.24) is 20.1 Å². The first-order valence-electron chi connectivity index (χ1n) is 12.2. The van der Waals surface area contributed by atoms with E-state index in [0.29, 0.717) is 22.3 Å². The van der Waals surface area contributed by atoms with Gasteiger partial charge in [-0.05, 0) is 48.5 Å². The summed E-state index contributed by atoms with van der Waals surface area (Å²) in [6.45, 7) is -0.418. The number of carbonyl (C=O) groups is 2. The molecule has 2 amide bonds. The van der Waals surface area contributed by atoms with E-state index in [9.17, 15) is 22.8 Å². The fraction of sp³-hybridized carbons (Fsp3) is 0.185. The highest BCUT2D eigenvalue weighted by molar-refractivity contribution is 7.99. The number of alkyl halides is 3. The Kier molecular flexibility index (Phi) is 10.7. The van der Waals surface area contributed by atoms with E-state index in [1.165, 1.54) is 19.2 Å². The highest BCUT2D eigenvalue weighted by atomic mass is 35.5. The zero-order valence-corrected chi connectivity index (χ0v) is 25.1. The summed E-state index contributed by atoms with van der Waals surface area (Å²) in [5.74, 6) is -0.325. The van der Waals surface area contributed by atoms with E-state index in [-0.39, 0.29) is 45.5 Å². The van der Waals surface area contributed by atoms with Crippen molar-refractivity contribution >= 4 is 64.1 Å². The van der Waals surface area contributed by atoms with Crippen molar-refractivity contribution in [2.45, 2.75) is 17.9 Å². The maximum Gasteiger partial charge on any atom is 0.416 e. The van der Waals surface area contributed by atoms with E-state index in [1.807, 2.05) is 0 Å². The summed E-state index contributed by atoms with van der Waals surface area (Å²) in [4.78, 5) is 25.2.